The molecule has 0 spiro atoms. The number of carboxylic acids is 1. The molecule has 0 fully saturated rings. The topological polar surface area (TPSA) is 128 Å². The molecule has 1 amide bonds. The summed E-state index contributed by atoms with van der Waals surface area (Å²) in [5, 5.41) is 12.4. The molecule has 3 aromatic heterocycles. The molecule has 3 N–H and O–H groups in total. The summed E-state index contributed by atoms with van der Waals surface area (Å²) in [4.78, 5) is 47.5. The molecule has 0 saturated heterocycles. The van der Waals surface area contributed by atoms with Crippen molar-refractivity contribution < 1.29 is 27.9 Å². The van der Waals surface area contributed by atoms with Crippen LogP contribution in [0, 0.1) is 0 Å². The highest BCUT2D eigenvalue weighted by Gasteiger charge is 2.38. The molecule has 3 heterocycles. The van der Waals surface area contributed by atoms with Gasteiger partial charge in [0.2, 0.25) is 5.91 Å². The smallest absolute Gasteiger partial charge is 0.475 e. The Morgan fingerprint density at radius 1 is 1.18 bits per heavy atom. The number of hydrogen-bond acceptors (Lipinski definition) is 7. The number of carbonyl (C=O) groups excluding carboxylic acids is 1. The fourth-order valence-electron chi connectivity index (χ4n) is 3.34. The van der Waals surface area contributed by atoms with E-state index in [4.69, 9.17) is 21.5 Å². The fraction of sp³-hybridized carbons (Fsp3) is 0.160. The van der Waals surface area contributed by atoms with Gasteiger partial charge in [0.25, 0.3) is 5.56 Å². The lowest BCUT2D eigenvalue weighted by Gasteiger charge is -2.27. The Morgan fingerprint density at radius 2 is 1.87 bits per heavy atom. The van der Waals surface area contributed by atoms with Gasteiger partial charge in [-0.15, -0.1) is 11.3 Å². The summed E-state index contributed by atoms with van der Waals surface area (Å²) >= 11 is 7.58. The van der Waals surface area contributed by atoms with Crippen molar-refractivity contribution in [3.8, 4) is 11.1 Å². The molecule has 0 bridgehead atoms. The van der Waals surface area contributed by atoms with Crippen LogP contribution in [-0.4, -0.2) is 51.2 Å². The van der Waals surface area contributed by atoms with E-state index in [1.165, 1.54) is 11.3 Å². The Morgan fingerprint density at radius 3 is 2.46 bits per heavy atom. The van der Waals surface area contributed by atoms with Crippen LogP contribution < -0.4 is 15.8 Å². The van der Waals surface area contributed by atoms with Crippen molar-refractivity contribution >= 4 is 46.3 Å². The predicted molar refractivity (Wildman–Crippen MR) is 142 cm³/mol. The van der Waals surface area contributed by atoms with Gasteiger partial charge < -0.3 is 20.3 Å². The van der Waals surface area contributed by atoms with Crippen LogP contribution in [0.25, 0.3) is 11.1 Å². The summed E-state index contributed by atoms with van der Waals surface area (Å²) in [6, 6.07) is 12.1. The number of thiazole rings is 1. The predicted octanol–water partition coefficient (Wildman–Crippen LogP) is 4.87. The number of carbonyl (C=O) groups is 2. The van der Waals surface area contributed by atoms with Crippen LogP contribution in [0.1, 0.15) is 5.56 Å². The zero-order valence-electron chi connectivity index (χ0n) is 20.1. The highest BCUT2D eigenvalue weighted by Crippen LogP contribution is 2.22. The van der Waals surface area contributed by atoms with Gasteiger partial charge in [-0.1, -0.05) is 23.7 Å². The van der Waals surface area contributed by atoms with Crippen LogP contribution in [-0.2, 0) is 16.0 Å². The Hall–Kier alpha value is -4.23. The lowest BCUT2D eigenvalue weighted by atomic mass is 10.0. The standard InChI is InChI=1S/C23H20ClN5O2S.C2HF3O2/c1-29(21-13-32-14-27-21)20(10-15-3-2-4-18(24)9-15)23(31)28-19-11-17(12-26-22(19)30)16-5-7-25-8-6-16;3-2(4,5)1(6)7/h2-9,11-14,20H,10H2,1H3,(H,26,30)(H,28,31);(H,6,7)/t20-;/m0./s1. The first-order valence-corrected chi connectivity index (χ1v) is 12.4. The maximum absolute atomic E-state index is 13.4. The third-order valence-corrected chi connectivity index (χ3v) is 6.10. The van der Waals surface area contributed by atoms with Gasteiger partial charge in [-0.25, -0.2) is 9.78 Å². The number of nitrogens with zero attached hydrogens (tertiary/aromatic N) is 3. The van der Waals surface area contributed by atoms with E-state index in [9.17, 15) is 22.8 Å². The van der Waals surface area contributed by atoms with E-state index in [2.05, 4.69) is 20.3 Å². The van der Waals surface area contributed by atoms with E-state index in [0.29, 0.717) is 17.3 Å². The lowest BCUT2D eigenvalue weighted by Crippen LogP contribution is -2.44. The van der Waals surface area contributed by atoms with Crippen LogP contribution in [0.15, 0.2) is 76.7 Å². The number of halogens is 4. The second kappa shape index (κ2) is 13.0. The number of pyridine rings is 2. The number of aromatic amines is 1. The first-order chi connectivity index (χ1) is 18.5. The van der Waals surface area contributed by atoms with E-state index < -0.39 is 18.2 Å². The minimum Gasteiger partial charge on any atom is -0.475 e. The SMILES string of the molecule is CN(c1cscn1)[C@@H](Cc1cccc(Cl)c1)C(=O)Nc1cc(-c2ccncc2)c[nH]c1=O.O=C(O)C(F)(F)F. The van der Waals surface area contributed by atoms with Crippen molar-refractivity contribution in [2.24, 2.45) is 0 Å². The maximum Gasteiger partial charge on any atom is 0.490 e. The minimum atomic E-state index is -5.08. The van der Waals surface area contributed by atoms with Crippen molar-refractivity contribution in [3.63, 3.8) is 0 Å². The van der Waals surface area contributed by atoms with E-state index >= 15 is 0 Å². The number of benzene rings is 1. The largest absolute Gasteiger partial charge is 0.490 e. The number of H-pyrrole nitrogens is 1. The molecule has 1 atom stereocenters. The molecule has 9 nitrogen and oxygen atoms in total. The van der Waals surface area contributed by atoms with Gasteiger partial charge in [0.1, 0.15) is 17.5 Å². The number of nitrogens with one attached hydrogen (secondary N) is 2. The zero-order valence-corrected chi connectivity index (χ0v) is 21.7. The Kier molecular flexibility index (Phi) is 9.79. The molecule has 14 heteroatoms. The normalized spacial score (nSPS) is 11.6. The minimum absolute atomic E-state index is 0.173. The van der Waals surface area contributed by atoms with Gasteiger partial charge in [0.15, 0.2) is 0 Å². The van der Waals surface area contributed by atoms with Crippen molar-refractivity contribution in [1.82, 2.24) is 15.0 Å². The number of likely N-dealkylation sites (N-methyl/N-ethyl adjacent to an activating group) is 1. The molecule has 4 aromatic rings. The Balaban J connectivity index is 0.000000532. The summed E-state index contributed by atoms with van der Waals surface area (Å²) in [6.07, 6.45) is 0.256. The number of carboxylic acid groups (broad SMARTS) is 1. The molecule has 0 aliphatic heterocycles. The molecular weight excluding hydrogens is 559 g/mol. The molecule has 0 saturated carbocycles. The van der Waals surface area contributed by atoms with Gasteiger partial charge in [-0.05, 0) is 41.5 Å². The lowest BCUT2D eigenvalue weighted by molar-refractivity contribution is -0.192. The van der Waals surface area contributed by atoms with E-state index in [0.717, 1.165) is 16.7 Å². The number of rotatable bonds is 7. The number of alkyl halides is 3. The van der Waals surface area contributed by atoms with Crippen LogP contribution in [0.2, 0.25) is 5.02 Å². The second-order valence-corrected chi connectivity index (χ2v) is 9.12. The van der Waals surface area contributed by atoms with Gasteiger partial charge in [-0.3, -0.25) is 14.6 Å². The molecule has 0 radical (unpaired) electrons. The molecule has 0 aliphatic rings. The molecule has 0 aliphatic carbocycles. The van der Waals surface area contributed by atoms with Crippen molar-refractivity contribution in [2.75, 3.05) is 17.3 Å². The third-order valence-electron chi connectivity index (χ3n) is 5.29. The van der Waals surface area contributed by atoms with Crippen LogP contribution in [0.5, 0.6) is 0 Å². The van der Waals surface area contributed by atoms with Gasteiger partial charge in [0, 0.05) is 48.0 Å². The van der Waals surface area contributed by atoms with Crippen molar-refractivity contribution in [2.45, 2.75) is 18.6 Å². The maximum atomic E-state index is 13.4. The van der Waals surface area contributed by atoms with Gasteiger partial charge >= 0.3 is 12.1 Å². The number of aliphatic carboxylic acids is 1. The fourth-order valence-corrected chi connectivity index (χ4v) is 4.13. The van der Waals surface area contributed by atoms with Gasteiger partial charge in [0.05, 0.1) is 5.51 Å². The number of hydrogen-bond donors (Lipinski definition) is 3. The average Bonchev–Trinajstić information content (AvgIpc) is 3.44. The van der Waals surface area contributed by atoms with Crippen LogP contribution >= 0.6 is 22.9 Å². The molecule has 204 valence electrons. The number of anilines is 2. The van der Waals surface area contributed by atoms with Crippen molar-refractivity contribution in [1.29, 1.82) is 0 Å². The Bertz CT molecular complexity index is 1470. The summed E-state index contributed by atoms with van der Waals surface area (Å²) in [6.45, 7) is 0. The first kappa shape index (κ1) is 29.3. The van der Waals surface area contributed by atoms with E-state index in [-0.39, 0.29) is 17.2 Å². The quantitative estimate of drug-likeness (QED) is 0.285. The highest BCUT2D eigenvalue weighted by atomic mass is 35.5. The third kappa shape index (κ3) is 8.38. The monoisotopic (exact) mass is 579 g/mol. The first-order valence-electron chi connectivity index (χ1n) is 11.0. The highest BCUT2D eigenvalue weighted by molar-refractivity contribution is 7.07. The van der Waals surface area contributed by atoms with Crippen LogP contribution in [0.3, 0.4) is 0 Å². The zero-order chi connectivity index (χ0) is 28.6. The molecule has 0 unspecified atom stereocenters. The molecule has 4 rings (SSSR count). The number of amides is 1. The van der Waals surface area contributed by atoms with E-state index in [1.807, 2.05) is 42.8 Å². The summed E-state index contributed by atoms with van der Waals surface area (Å²) < 4.78 is 31.7. The molecule has 39 heavy (non-hydrogen) atoms. The van der Waals surface area contributed by atoms with Crippen molar-refractivity contribution in [3.05, 3.63) is 92.9 Å². The van der Waals surface area contributed by atoms with E-state index in [1.54, 1.807) is 41.1 Å². The average molecular weight is 580 g/mol. The second-order valence-electron chi connectivity index (χ2n) is 7.97. The number of aromatic nitrogens is 3. The van der Waals surface area contributed by atoms with Gasteiger partial charge in [-0.2, -0.15) is 13.2 Å². The summed E-state index contributed by atoms with van der Waals surface area (Å²) in [5.74, 6) is -2.40. The summed E-state index contributed by atoms with van der Waals surface area (Å²) in [5.41, 5.74) is 4.05. The van der Waals surface area contributed by atoms with Crippen LogP contribution in [0.4, 0.5) is 24.7 Å². The Labute approximate surface area is 228 Å². The summed E-state index contributed by atoms with van der Waals surface area (Å²) in [7, 11) is 1.81. The molecular formula is C25H21ClF3N5O4S. The molecule has 1 aromatic carbocycles.